The van der Waals surface area contributed by atoms with Crippen LogP contribution in [0, 0.1) is 0 Å². The molecule has 0 radical (unpaired) electrons. The van der Waals surface area contributed by atoms with E-state index in [1.165, 1.54) is 17.1 Å². The zero-order valence-electron chi connectivity index (χ0n) is 19.1. The minimum absolute atomic E-state index is 0.629. The Morgan fingerprint density at radius 2 is 2.00 bits per heavy atom. The molecular weight excluding hydrogens is 412 g/mol. The Morgan fingerprint density at radius 3 is 2.65 bits per heavy atom. The van der Waals surface area contributed by atoms with Crippen LogP contribution < -0.4 is 19.7 Å². The molecule has 0 spiro atoms. The molecule has 2 aromatic rings. The molecule has 1 aliphatic rings. The van der Waals surface area contributed by atoms with Crippen LogP contribution in [0.5, 0.6) is 11.5 Å². The Labute approximate surface area is 189 Å². The molecular formula is C22H34N6O2S. The summed E-state index contributed by atoms with van der Waals surface area (Å²) in [5, 5.41) is 4.55. The van der Waals surface area contributed by atoms with Crippen LogP contribution in [0.25, 0.3) is 0 Å². The van der Waals surface area contributed by atoms with E-state index >= 15 is 0 Å². The molecule has 9 heteroatoms. The summed E-state index contributed by atoms with van der Waals surface area (Å²) < 4.78 is 15.5. The highest BCUT2D eigenvalue weighted by molar-refractivity contribution is 7.09. The molecule has 1 N–H and O–H groups in total. The van der Waals surface area contributed by atoms with Crippen molar-refractivity contribution in [2.45, 2.75) is 33.1 Å². The number of nitrogens with zero attached hydrogens (tertiary/aromatic N) is 5. The van der Waals surface area contributed by atoms with Gasteiger partial charge in [0, 0.05) is 57.7 Å². The fourth-order valence-corrected chi connectivity index (χ4v) is 4.40. The van der Waals surface area contributed by atoms with E-state index in [9.17, 15) is 0 Å². The molecule has 170 valence electrons. The lowest BCUT2D eigenvalue weighted by Crippen LogP contribution is -2.52. The number of methoxy groups -OCH3 is 1. The fraction of sp³-hybridized carbons (Fsp3) is 0.591. The third-order valence-electron chi connectivity index (χ3n) is 5.29. The first-order valence-corrected chi connectivity index (χ1v) is 11.8. The summed E-state index contributed by atoms with van der Waals surface area (Å²) in [6.45, 7) is 9.30. The Balaban J connectivity index is 1.43. The number of anilines is 1. The second-order valence-electron chi connectivity index (χ2n) is 7.32. The molecule has 8 nitrogen and oxygen atoms in total. The first kappa shape index (κ1) is 23.1. The summed E-state index contributed by atoms with van der Waals surface area (Å²) >= 11 is 1.50. The monoisotopic (exact) mass is 446 g/mol. The van der Waals surface area contributed by atoms with Crippen molar-refractivity contribution in [1.29, 1.82) is 0 Å². The van der Waals surface area contributed by atoms with E-state index in [1.54, 1.807) is 7.11 Å². The predicted octanol–water partition coefficient (Wildman–Crippen LogP) is 2.84. The molecule has 1 aromatic heterocycles. The van der Waals surface area contributed by atoms with Crippen LogP contribution >= 0.6 is 11.5 Å². The van der Waals surface area contributed by atoms with Crippen molar-refractivity contribution >= 4 is 22.6 Å². The quantitative estimate of drug-likeness (QED) is 0.361. The van der Waals surface area contributed by atoms with E-state index in [1.807, 2.05) is 20.0 Å². The fourth-order valence-electron chi connectivity index (χ4n) is 3.60. The van der Waals surface area contributed by atoms with Gasteiger partial charge in [0.2, 0.25) is 5.13 Å². The minimum atomic E-state index is 0.629. The first-order chi connectivity index (χ1) is 15.2. The van der Waals surface area contributed by atoms with Crippen LogP contribution in [0.4, 0.5) is 5.13 Å². The van der Waals surface area contributed by atoms with Crippen molar-refractivity contribution in [3.63, 3.8) is 0 Å². The Bertz CT molecular complexity index is 848. The van der Waals surface area contributed by atoms with Crippen LogP contribution in [-0.2, 0) is 12.8 Å². The van der Waals surface area contributed by atoms with Gasteiger partial charge in [0.1, 0.15) is 5.82 Å². The highest BCUT2D eigenvalue weighted by Gasteiger charge is 2.21. The molecule has 1 fully saturated rings. The number of aromatic nitrogens is 2. The first-order valence-electron chi connectivity index (χ1n) is 11.0. The highest BCUT2D eigenvalue weighted by Crippen LogP contribution is 2.28. The molecule has 0 aliphatic carbocycles. The summed E-state index contributed by atoms with van der Waals surface area (Å²) in [6.07, 6.45) is 2.87. The molecule has 0 amide bonds. The maximum atomic E-state index is 5.68. The van der Waals surface area contributed by atoms with Gasteiger partial charge in [-0.05, 0) is 37.5 Å². The Morgan fingerprint density at radius 1 is 1.19 bits per heavy atom. The van der Waals surface area contributed by atoms with Crippen molar-refractivity contribution < 1.29 is 9.47 Å². The molecule has 0 atom stereocenters. The van der Waals surface area contributed by atoms with Gasteiger partial charge in [-0.1, -0.05) is 13.0 Å². The summed E-state index contributed by atoms with van der Waals surface area (Å²) in [6, 6.07) is 6.16. The molecule has 3 rings (SSSR count). The van der Waals surface area contributed by atoms with Gasteiger partial charge in [0.05, 0.1) is 13.7 Å². The molecule has 0 bridgehead atoms. The third kappa shape index (κ3) is 6.22. The minimum Gasteiger partial charge on any atom is -0.493 e. The number of rotatable bonds is 9. The number of hydrogen-bond donors (Lipinski definition) is 1. The molecule has 31 heavy (non-hydrogen) atoms. The molecule has 1 aromatic carbocycles. The second kappa shape index (κ2) is 11.7. The summed E-state index contributed by atoms with van der Waals surface area (Å²) in [7, 11) is 3.52. The number of nitrogens with one attached hydrogen (secondary N) is 1. The average molecular weight is 447 g/mol. The Hall–Kier alpha value is -2.55. The van der Waals surface area contributed by atoms with Crippen molar-refractivity contribution in [3.8, 4) is 11.5 Å². The van der Waals surface area contributed by atoms with Crippen molar-refractivity contribution in [1.82, 2.24) is 19.6 Å². The predicted molar refractivity (Wildman–Crippen MR) is 127 cm³/mol. The van der Waals surface area contributed by atoms with Crippen LogP contribution in [0.15, 0.2) is 23.2 Å². The van der Waals surface area contributed by atoms with Crippen molar-refractivity contribution in [2.75, 3.05) is 58.4 Å². The number of guanidine groups is 1. The van der Waals surface area contributed by atoms with Gasteiger partial charge >= 0.3 is 0 Å². The van der Waals surface area contributed by atoms with Crippen LogP contribution in [0.3, 0.4) is 0 Å². The highest BCUT2D eigenvalue weighted by atomic mass is 32.1. The van der Waals surface area contributed by atoms with E-state index in [4.69, 9.17) is 9.47 Å². The van der Waals surface area contributed by atoms with E-state index in [2.05, 4.69) is 48.5 Å². The molecule has 2 heterocycles. The van der Waals surface area contributed by atoms with Gasteiger partial charge in [0.15, 0.2) is 17.5 Å². The number of piperazine rings is 1. The van der Waals surface area contributed by atoms with E-state index < -0.39 is 0 Å². The lowest BCUT2D eigenvalue weighted by molar-refractivity contribution is 0.310. The van der Waals surface area contributed by atoms with E-state index in [0.29, 0.717) is 6.61 Å². The van der Waals surface area contributed by atoms with Gasteiger partial charge in [0.25, 0.3) is 0 Å². The van der Waals surface area contributed by atoms with Crippen LogP contribution in [-0.4, -0.2) is 73.7 Å². The van der Waals surface area contributed by atoms with Gasteiger partial charge in [-0.2, -0.15) is 4.37 Å². The van der Waals surface area contributed by atoms with Crippen LogP contribution in [0.2, 0.25) is 0 Å². The van der Waals surface area contributed by atoms with Crippen LogP contribution in [0.1, 0.15) is 31.7 Å². The zero-order chi connectivity index (χ0) is 22.1. The number of benzene rings is 1. The third-order valence-corrected chi connectivity index (χ3v) is 6.10. The summed E-state index contributed by atoms with van der Waals surface area (Å²) in [4.78, 5) is 13.7. The summed E-state index contributed by atoms with van der Waals surface area (Å²) in [5.74, 6) is 3.49. The maximum absolute atomic E-state index is 5.68. The van der Waals surface area contributed by atoms with Gasteiger partial charge in [-0.3, -0.25) is 4.99 Å². The number of hydrogen-bond acceptors (Lipinski definition) is 7. The number of ether oxygens (including phenoxy) is 2. The normalized spacial score (nSPS) is 14.6. The van der Waals surface area contributed by atoms with Crippen molar-refractivity contribution in [2.24, 2.45) is 4.99 Å². The molecule has 1 aliphatic heterocycles. The maximum Gasteiger partial charge on any atom is 0.205 e. The van der Waals surface area contributed by atoms with Crippen molar-refractivity contribution in [3.05, 3.63) is 29.6 Å². The lowest BCUT2D eigenvalue weighted by atomic mass is 10.1. The van der Waals surface area contributed by atoms with Gasteiger partial charge in [-0.25, -0.2) is 4.98 Å². The average Bonchev–Trinajstić information content (AvgIpc) is 3.29. The lowest BCUT2D eigenvalue weighted by Gasteiger charge is -2.36. The number of aryl methyl sites for hydroxylation is 2. The Kier molecular flexibility index (Phi) is 8.75. The second-order valence-corrected chi connectivity index (χ2v) is 8.05. The van der Waals surface area contributed by atoms with E-state index in [0.717, 1.165) is 80.4 Å². The SMILES string of the molecule is CCOc1cc(CCCNC(=NC)N2CCN(c3nc(CC)ns3)CC2)ccc1OC. The summed E-state index contributed by atoms with van der Waals surface area (Å²) in [5.41, 5.74) is 1.25. The molecule has 0 unspecified atom stereocenters. The zero-order valence-corrected chi connectivity index (χ0v) is 19.9. The molecule has 1 saturated heterocycles. The van der Waals surface area contributed by atoms with E-state index in [-0.39, 0.29) is 0 Å². The largest absolute Gasteiger partial charge is 0.493 e. The molecule has 0 saturated carbocycles. The smallest absolute Gasteiger partial charge is 0.205 e. The topological polar surface area (TPSA) is 75.1 Å². The standard InChI is InChI=1S/C22H34N6O2S/c1-5-20-25-22(31-26-20)28-14-12-27(13-15-28)21(23-3)24-11-7-8-17-9-10-18(29-4)19(16-17)30-6-2/h9-10,16H,5-8,11-15H2,1-4H3,(H,23,24). The van der Waals surface area contributed by atoms with Gasteiger partial charge < -0.3 is 24.6 Å². The van der Waals surface area contributed by atoms with Gasteiger partial charge in [-0.15, -0.1) is 0 Å². The number of aliphatic imine (C=N–C) groups is 1.